The molecule has 0 aromatic heterocycles. The minimum Gasteiger partial charge on any atom is -0.371 e. The second-order valence-corrected chi connectivity index (χ2v) is 7.28. The summed E-state index contributed by atoms with van der Waals surface area (Å²) >= 11 is 0. The van der Waals surface area contributed by atoms with Gasteiger partial charge in [-0.1, -0.05) is 13.8 Å². The van der Waals surface area contributed by atoms with Gasteiger partial charge in [0.1, 0.15) is 6.54 Å². The van der Waals surface area contributed by atoms with Crippen LogP contribution in [-0.2, 0) is 4.74 Å². The number of ether oxygens (including phenoxy) is 1. The standard InChI is InChI=1S/C15H33N2O/c1-12(2)15-14(8-9-16(15)13(3)4)18-11-10-17(5,6)7/h12-15H,8-11H2,1-7H3/q+1. The molecular weight excluding hydrogens is 224 g/mol. The van der Waals surface area contributed by atoms with E-state index in [0.717, 1.165) is 17.6 Å². The van der Waals surface area contributed by atoms with Crippen molar-refractivity contribution in [2.75, 3.05) is 40.8 Å². The summed E-state index contributed by atoms with van der Waals surface area (Å²) in [5, 5.41) is 0. The van der Waals surface area contributed by atoms with Crippen LogP contribution in [0, 0.1) is 5.92 Å². The maximum atomic E-state index is 6.18. The van der Waals surface area contributed by atoms with E-state index in [1.807, 2.05) is 0 Å². The zero-order chi connectivity index (χ0) is 13.9. The Bertz CT molecular complexity index is 245. The monoisotopic (exact) mass is 257 g/mol. The fraction of sp³-hybridized carbons (Fsp3) is 1.00. The van der Waals surface area contributed by atoms with Gasteiger partial charge in [0, 0.05) is 18.6 Å². The number of hydrogen-bond donors (Lipinski definition) is 0. The molecule has 1 fully saturated rings. The van der Waals surface area contributed by atoms with Crippen LogP contribution >= 0.6 is 0 Å². The summed E-state index contributed by atoms with van der Waals surface area (Å²) in [5.41, 5.74) is 0. The van der Waals surface area contributed by atoms with Crippen molar-refractivity contribution >= 4 is 0 Å². The summed E-state index contributed by atoms with van der Waals surface area (Å²) in [7, 11) is 6.66. The lowest BCUT2D eigenvalue weighted by Gasteiger charge is -2.34. The average Bonchev–Trinajstić information content (AvgIpc) is 2.59. The molecule has 0 N–H and O–H groups in total. The SMILES string of the molecule is CC(C)C1C(OCC[N+](C)(C)C)CCN1C(C)C. The first-order valence-corrected chi connectivity index (χ1v) is 7.40. The van der Waals surface area contributed by atoms with E-state index < -0.39 is 0 Å². The molecule has 0 spiro atoms. The molecule has 0 aromatic rings. The van der Waals surface area contributed by atoms with E-state index in [1.54, 1.807) is 0 Å². The van der Waals surface area contributed by atoms with Gasteiger partial charge in [0.25, 0.3) is 0 Å². The molecule has 1 aliphatic rings. The predicted octanol–water partition coefficient (Wildman–Crippen LogP) is 2.22. The highest BCUT2D eigenvalue weighted by atomic mass is 16.5. The van der Waals surface area contributed by atoms with E-state index in [-0.39, 0.29) is 0 Å². The molecule has 0 aliphatic carbocycles. The Morgan fingerprint density at radius 3 is 2.22 bits per heavy atom. The van der Waals surface area contributed by atoms with Gasteiger partial charge in [0.15, 0.2) is 0 Å². The summed E-state index contributed by atoms with van der Waals surface area (Å²) in [6.45, 7) is 12.4. The molecule has 2 atom stereocenters. The van der Waals surface area contributed by atoms with E-state index in [0.29, 0.717) is 24.1 Å². The van der Waals surface area contributed by atoms with E-state index in [4.69, 9.17) is 4.74 Å². The third-order valence-corrected chi connectivity index (χ3v) is 3.88. The lowest BCUT2D eigenvalue weighted by Crippen LogP contribution is -2.45. The first-order valence-electron chi connectivity index (χ1n) is 7.40. The number of rotatable bonds is 6. The topological polar surface area (TPSA) is 12.5 Å². The van der Waals surface area contributed by atoms with Crippen molar-refractivity contribution in [2.45, 2.75) is 52.3 Å². The lowest BCUT2D eigenvalue weighted by molar-refractivity contribution is -0.870. The van der Waals surface area contributed by atoms with Crippen molar-refractivity contribution in [1.82, 2.24) is 4.90 Å². The second-order valence-electron chi connectivity index (χ2n) is 7.28. The minimum absolute atomic E-state index is 0.430. The summed E-state index contributed by atoms with van der Waals surface area (Å²) < 4.78 is 7.16. The van der Waals surface area contributed by atoms with Gasteiger partial charge in [-0.25, -0.2) is 0 Å². The molecule has 0 amide bonds. The first kappa shape index (κ1) is 15.9. The van der Waals surface area contributed by atoms with Crippen molar-refractivity contribution in [3.05, 3.63) is 0 Å². The van der Waals surface area contributed by atoms with Crippen molar-refractivity contribution in [3.8, 4) is 0 Å². The molecule has 0 radical (unpaired) electrons. The van der Waals surface area contributed by atoms with Gasteiger partial charge >= 0.3 is 0 Å². The lowest BCUT2D eigenvalue weighted by atomic mass is 9.98. The van der Waals surface area contributed by atoms with E-state index in [2.05, 4.69) is 53.7 Å². The van der Waals surface area contributed by atoms with Crippen LogP contribution in [0.25, 0.3) is 0 Å². The van der Waals surface area contributed by atoms with Gasteiger partial charge in [-0.15, -0.1) is 0 Å². The van der Waals surface area contributed by atoms with Crippen molar-refractivity contribution in [2.24, 2.45) is 5.92 Å². The predicted molar refractivity (Wildman–Crippen MR) is 77.7 cm³/mol. The molecule has 18 heavy (non-hydrogen) atoms. The van der Waals surface area contributed by atoms with Crippen LogP contribution in [0.1, 0.15) is 34.1 Å². The number of likely N-dealkylation sites (N-methyl/N-ethyl adjacent to an activating group) is 1. The molecule has 3 heteroatoms. The number of hydrogen-bond acceptors (Lipinski definition) is 2. The third kappa shape index (κ3) is 4.52. The third-order valence-electron chi connectivity index (χ3n) is 3.88. The Kier molecular flexibility index (Phi) is 5.63. The maximum absolute atomic E-state index is 6.18. The van der Waals surface area contributed by atoms with Gasteiger partial charge in [-0.2, -0.15) is 0 Å². The fourth-order valence-corrected chi connectivity index (χ4v) is 2.88. The van der Waals surface area contributed by atoms with Gasteiger partial charge < -0.3 is 9.22 Å². The molecule has 1 saturated heterocycles. The summed E-state index contributed by atoms with van der Waals surface area (Å²) in [6, 6.07) is 1.22. The van der Waals surface area contributed by atoms with Crippen LogP contribution in [0.3, 0.4) is 0 Å². The Labute approximate surface area is 114 Å². The van der Waals surface area contributed by atoms with Gasteiger partial charge in [-0.05, 0) is 26.2 Å². The average molecular weight is 257 g/mol. The largest absolute Gasteiger partial charge is 0.371 e. The molecular formula is C15H33N2O+. The summed E-state index contributed by atoms with van der Waals surface area (Å²) in [6.07, 6.45) is 1.62. The van der Waals surface area contributed by atoms with Crippen molar-refractivity contribution < 1.29 is 9.22 Å². The van der Waals surface area contributed by atoms with E-state index in [1.165, 1.54) is 13.0 Å². The number of nitrogens with zero attached hydrogens (tertiary/aromatic N) is 2. The molecule has 1 rings (SSSR count). The highest BCUT2D eigenvalue weighted by molar-refractivity contribution is 4.91. The molecule has 1 aliphatic heterocycles. The Balaban J connectivity index is 2.50. The summed E-state index contributed by atoms with van der Waals surface area (Å²) in [5.74, 6) is 0.670. The van der Waals surface area contributed by atoms with Crippen LogP contribution in [0.5, 0.6) is 0 Å². The van der Waals surface area contributed by atoms with E-state index >= 15 is 0 Å². The van der Waals surface area contributed by atoms with Crippen LogP contribution < -0.4 is 0 Å². The van der Waals surface area contributed by atoms with Crippen molar-refractivity contribution in [3.63, 3.8) is 0 Å². The van der Waals surface area contributed by atoms with Crippen LogP contribution in [0.4, 0.5) is 0 Å². The van der Waals surface area contributed by atoms with Crippen LogP contribution in [-0.4, -0.2) is 68.4 Å². The van der Waals surface area contributed by atoms with Gasteiger partial charge in [0.05, 0.1) is 33.9 Å². The minimum atomic E-state index is 0.430. The first-order chi connectivity index (χ1) is 8.22. The fourth-order valence-electron chi connectivity index (χ4n) is 2.88. The molecule has 2 unspecified atom stereocenters. The zero-order valence-electron chi connectivity index (χ0n) is 13.4. The Morgan fingerprint density at radius 1 is 1.17 bits per heavy atom. The van der Waals surface area contributed by atoms with Crippen LogP contribution in [0.2, 0.25) is 0 Å². The van der Waals surface area contributed by atoms with Gasteiger partial charge in [-0.3, -0.25) is 4.90 Å². The maximum Gasteiger partial charge on any atom is 0.102 e. The van der Waals surface area contributed by atoms with Crippen LogP contribution in [0.15, 0.2) is 0 Å². The van der Waals surface area contributed by atoms with Crippen molar-refractivity contribution in [1.29, 1.82) is 0 Å². The molecule has 0 bridgehead atoms. The Morgan fingerprint density at radius 2 is 1.78 bits per heavy atom. The molecule has 0 saturated carbocycles. The normalized spacial score (nSPS) is 26.5. The highest BCUT2D eigenvalue weighted by Gasteiger charge is 2.38. The molecule has 108 valence electrons. The molecule has 3 nitrogen and oxygen atoms in total. The zero-order valence-corrected chi connectivity index (χ0v) is 13.4. The van der Waals surface area contributed by atoms with E-state index in [9.17, 15) is 0 Å². The smallest absolute Gasteiger partial charge is 0.102 e. The Hall–Kier alpha value is -0.120. The number of likely N-dealkylation sites (tertiary alicyclic amines) is 1. The second kappa shape index (κ2) is 6.36. The molecule has 1 heterocycles. The number of quaternary nitrogens is 1. The van der Waals surface area contributed by atoms with Gasteiger partial charge in [0.2, 0.25) is 0 Å². The quantitative estimate of drug-likeness (QED) is 0.677. The summed E-state index contributed by atoms with van der Waals surface area (Å²) in [4.78, 5) is 2.61. The molecule has 0 aromatic carbocycles. The highest BCUT2D eigenvalue weighted by Crippen LogP contribution is 2.28.